The number of rotatable bonds is 9. The fourth-order valence-electron chi connectivity index (χ4n) is 3.39. The molecule has 3 rings (SSSR count). The number of fused-ring (bicyclic) bond motifs is 1. The quantitative estimate of drug-likeness (QED) is 0.369. The number of halogens is 1. The van der Waals surface area contributed by atoms with Crippen molar-refractivity contribution in [3.63, 3.8) is 0 Å². The molecule has 0 radical (unpaired) electrons. The van der Waals surface area contributed by atoms with Crippen LogP contribution in [0.5, 0.6) is 5.75 Å². The predicted molar refractivity (Wildman–Crippen MR) is 115 cm³/mol. The minimum absolute atomic E-state index is 0.00982. The van der Waals surface area contributed by atoms with E-state index in [1.165, 1.54) is 6.07 Å². The number of hydrogen-bond acceptors (Lipinski definition) is 4. The van der Waals surface area contributed by atoms with Gasteiger partial charge in [0.25, 0.3) is 0 Å². The average molecular weight is 419 g/mol. The lowest BCUT2D eigenvalue weighted by Gasteiger charge is -2.15. The van der Waals surface area contributed by atoms with Crippen LogP contribution >= 0.6 is 0 Å². The van der Waals surface area contributed by atoms with Gasteiger partial charge in [0, 0.05) is 32.6 Å². The van der Waals surface area contributed by atoms with Gasteiger partial charge in [-0.25, -0.2) is 18.9 Å². The van der Waals surface area contributed by atoms with Crippen LogP contribution in [0.2, 0.25) is 0 Å². The van der Waals surface area contributed by atoms with E-state index in [0.29, 0.717) is 25.6 Å². The van der Waals surface area contributed by atoms with E-state index in [4.69, 9.17) is 4.74 Å². The standard InChI is InChI=1S/C21H31FN6O2/c1-3-23-20(25-15-16(2)30-18-10-5-4-9-17(18)22)24-12-8-14-28-21(29)27-13-7-6-11-19(27)26-28/h4-5,9-10,16H,3,6-8,11-15H2,1-2H3,(H2,23,24,25). The largest absolute Gasteiger partial charge is 0.486 e. The van der Waals surface area contributed by atoms with Gasteiger partial charge in [-0.2, -0.15) is 5.10 Å². The first-order valence-electron chi connectivity index (χ1n) is 10.7. The molecule has 30 heavy (non-hydrogen) atoms. The Labute approximate surface area is 176 Å². The maximum Gasteiger partial charge on any atom is 0.345 e. The third-order valence-electron chi connectivity index (χ3n) is 4.89. The lowest BCUT2D eigenvalue weighted by Crippen LogP contribution is -2.39. The van der Waals surface area contributed by atoms with E-state index in [0.717, 1.165) is 44.6 Å². The fourth-order valence-corrected chi connectivity index (χ4v) is 3.39. The molecule has 1 aliphatic rings. The summed E-state index contributed by atoms with van der Waals surface area (Å²) in [5.74, 6) is 1.41. The van der Waals surface area contributed by atoms with Gasteiger partial charge in [-0.05, 0) is 45.2 Å². The number of nitrogens with zero attached hydrogens (tertiary/aromatic N) is 4. The average Bonchev–Trinajstić information content (AvgIpc) is 3.07. The van der Waals surface area contributed by atoms with Crippen LogP contribution in [0.15, 0.2) is 34.1 Å². The Morgan fingerprint density at radius 2 is 2.17 bits per heavy atom. The van der Waals surface area contributed by atoms with E-state index in [2.05, 4.69) is 20.7 Å². The van der Waals surface area contributed by atoms with Gasteiger partial charge in [0.15, 0.2) is 17.5 Å². The molecule has 1 aliphatic heterocycles. The number of aromatic nitrogens is 3. The number of nitrogens with one attached hydrogen (secondary N) is 2. The number of benzene rings is 1. The fraction of sp³-hybridized carbons (Fsp3) is 0.571. The predicted octanol–water partition coefficient (Wildman–Crippen LogP) is 1.93. The summed E-state index contributed by atoms with van der Waals surface area (Å²) in [6.45, 7) is 6.95. The highest BCUT2D eigenvalue weighted by Crippen LogP contribution is 2.17. The van der Waals surface area contributed by atoms with Crippen molar-refractivity contribution in [1.29, 1.82) is 0 Å². The molecule has 8 nitrogen and oxygen atoms in total. The van der Waals surface area contributed by atoms with Crippen LogP contribution in [-0.4, -0.2) is 46.0 Å². The maximum absolute atomic E-state index is 13.7. The number of guanidine groups is 1. The van der Waals surface area contributed by atoms with Gasteiger partial charge in [-0.3, -0.25) is 4.57 Å². The van der Waals surface area contributed by atoms with Crippen LogP contribution in [0.25, 0.3) is 0 Å². The molecular formula is C21H31FN6O2. The van der Waals surface area contributed by atoms with Crippen molar-refractivity contribution in [2.24, 2.45) is 4.99 Å². The van der Waals surface area contributed by atoms with Crippen LogP contribution < -0.4 is 21.1 Å². The van der Waals surface area contributed by atoms with Gasteiger partial charge in [0.2, 0.25) is 0 Å². The molecule has 1 aromatic heterocycles. The highest BCUT2D eigenvalue weighted by molar-refractivity contribution is 5.79. The summed E-state index contributed by atoms with van der Waals surface area (Å²) < 4.78 is 22.7. The lowest BCUT2D eigenvalue weighted by molar-refractivity contribution is 0.220. The summed E-state index contributed by atoms with van der Waals surface area (Å²) in [5, 5.41) is 10.9. The number of aliphatic imine (C=N–C) groups is 1. The number of ether oxygens (including phenoxy) is 1. The first-order chi connectivity index (χ1) is 14.6. The first-order valence-corrected chi connectivity index (χ1v) is 10.7. The number of para-hydroxylation sites is 1. The Morgan fingerprint density at radius 3 is 2.93 bits per heavy atom. The molecule has 0 saturated heterocycles. The SMILES string of the molecule is CCNC(=NCC(C)Oc1ccccc1F)NCCCn1nc2n(c1=O)CCCC2. The molecule has 0 fully saturated rings. The molecule has 1 unspecified atom stereocenters. The normalized spacial score (nSPS) is 14.8. The minimum Gasteiger partial charge on any atom is -0.486 e. The summed E-state index contributed by atoms with van der Waals surface area (Å²) in [6.07, 6.45) is 3.50. The van der Waals surface area contributed by atoms with Crippen molar-refractivity contribution in [3.8, 4) is 5.75 Å². The molecule has 164 valence electrons. The van der Waals surface area contributed by atoms with Crippen molar-refractivity contribution in [1.82, 2.24) is 25.0 Å². The summed E-state index contributed by atoms with van der Waals surface area (Å²) in [5.41, 5.74) is -0.00982. The van der Waals surface area contributed by atoms with Crippen LogP contribution in [0.3, 0.4) is 0 Å². The van der Waals surface area contributed by atoms with Gasteiger partial charge in [0.1, 0.15) is 11.9 Å². The van der Waals surface area contributed by atoms with Gasteiger partial charge >= 0.3 is 5.69 Å². The Kier molecular flexibility index (Phi) is 7.87. The molecule has 0 aliphatic carbocycles. The molecule has 1 atom stereocenters. The second-order valence-electron chi connectivity index (χ2n) is 7.39. The zero-order chi connectivity index (χ0) is 21.3. The molecule has 1 aromatic carbocycles. The minimum atomic E-state index is -0.380. The van der Waals surface area contributed by atoms with Crippen LogP contribution in [0, 0.1) is 5.82 Å². The van der Waals surface area contributed by atoms with E-state index < -0.39 is 0 Å². The molecule has 0 amide bonds. The van der Waals surface area contributed by atoms with Crippen LogP contribution in [0.1, 0.15) is 38.9 Å². The van der Waals surface area contributed by atoms with E-state index in [9.17, 15) is 9.18 Å². The Morgan fingerprint density at radius 1 is 1.33 bits per heavy atom. The summed E-state index contributed by atoms with van der Waals surface area (Å²) in [4.78, 5) is 16.9. The molecule has 0 spiro atoms. The van der Waals surface area contributed by atoms with Crippen molar-refractivity contribution in [2.75, 3.05) is 19.6 Å². The van der Waals surface area contributed by atoms with E-state index >= 15 is 0 Å². The van der Waals surface area contributed by atoms with Crippen molar-refractivity contribution < 1.29 is 9.13 Å². The topological polar surface area (TPSA) is 85.5 Å². The number of aryl methyl sites for hydroxylation is 2. The second-order valence-corrected chi connectivity index (χ2v) is 7.39. The lowest BCUT2D eigenvalue weighted by atomic mass is 10.2. The molecule has 2 N–H and O–H groups in total. The second kappa shape index (κ2) is 10.8. The monoisotopic (exact) mass is 418 g/mol. The zero-order valence-electron chi connectivity index (χ0n) is 17.7. The van der Waals surface area contributed by atoms with Crippen molar-refractivity contribution in [2.45, 2.75) is 58.7 Å². The van der Waals surface area contributed by atoms with E-state index in [-0.39, 0.29) is 23.4 Å². The summed E-state index contributed by atoms with van der Waals surface area (Å²) in [6, 6.07) is 6.35. The molecule has 9 heteroatoms. The van der Waals surface area contributed by atoms with Crippen LogP contribution in [-0.2, 0) is 19.5 Å². The third-order valence-corrected chi connectivity index (χ3v) is 4.89. The highest BCUT2D eigenvalue weighted by Gasteiger charge is 2.16. The van der Waals surface area contributed by atoms with Crippen molar-refractivity contribution >= 4 is 5.96 Å². The van der Waals surface area contributed by atoms with E-state index in [1.54, 1.807) is 27.4 Å². The Hall–Kier alpha value is -2.84. The summed E-state index contributed by atoms with van der Waals surface area (Å²) in [7, 11) is 0. The maximum atomic E-state index is 13.7. The summed E-state index contributed by atoms with van der Waals surface area (Å²) >= 11 is 0. The molecular weight excluding hydrogens is 387 g/mol. The molecule has 0 saturated carbocycles. The Balaban J connectivity index is 1.46. The van der Waals surface area contributed by atoms with Crippen molar-refractivity contribution in [3.05, 3.63) is 46.4 Å². The highest BCUT2D eigenvalue weighted by atomic mass is 19.1. The Bertz CT molecular complexity index is 907. The number of hydrogen-bond donors (Lipinski definition) is 2. The molecule has 2 heterocycles. The molecule has 2 aromatic rings. The van der Waals surface area contributed by atoms with Crippen LogP contribution in [0.4, 0.5) is 4.39 Å². The van der Waals surface area contributed by atoms with Gasteiger partial charge in [-0.1, -0.05) is 12.1 Å². The molecule has 0 bridgehead atoms. The smallest absolute Gasteiger partial charge is 0.345 e. The van der Waals surface area contributed by atoms with Gasteiger partial charge < -0.3 is 15.4 Å². The van der Waals surface area contributed by atoms with Gasteiger partial charge in [-0.15, -0.1) is 0 Å². The van der Waals surface area contributed by atoms with E-state index in [1.807, 2.05) is 13.8 Å². The zero-order valence-corrected chi connectivity index (χ0v) is 17.7. The third kappa shape index (κ3) is 5.84. The first kappa shape index (κ1) is 21.9. The van der Waals surface area contributed by atoms with Gasteiger partial charge in [0.05, 0.1) is 6.54 Å².